The van der Waals surface area contributed by atoms with Gasteiger partial charge in [0.05, 0.1) is 15.6 Å². The van der Waals surface area contributed by atoms with Crippen molar-refractivity contribution in [3.63, 3.8) is 0 Å². The Morgan fingerprint density at radius 2 is 1.94 bits per heavy atom. The van der Waals surface area contributed by atoms with Crippen molar-refractivity contribution >= 4 is 54.8 Å². The highest BCUT2D eigenvalue weighted by atomic mass is 32.1. The molecule has 33 heavy (non-hydrogen) atoms. The number of thiophene rings is 1. The number of amides is 1. The number of carbonyl (C=O) groups excluding carboxylic acids is 1. The number of thiazole rings is 1. The Bertz CT molecular complexity index is 1560. The van der Waals surface area contributed by atoms with Crippen LogP contribution in [0.4, 0.5) is 5.00 Å². The number of hydrogen-bond donors (Lipinski definition) is 1. The first kappa shape index (κ1) is 20.3. The maximum absolute atomic E-state index is 13.2. The Morgan fingerprint density at radius 3 is 2.82 bits per heavy atom. The zero-order valence-electron chi connectivity index (χ0n) is 17.8. The highest BCUT2D eigenvalue weighted by Crippen LogP contribution is 2.45. The van der Waals surface area contributed by atoms with Crippen molar-refractivity contribution in [2.45, 2.75) is 13.0 Å². The molecule has 5 aromatic rings. The highest BCUT2D eigenvalue weighted by Gasteiger charge is 2.27. The second-order valence-corrected chi connectivity index (χ2v) is 10.2. The third kappa shape index (κ3) is 3.56. The fourth-order valence-corrected chi connectivity index (χ4v) is 6.64. The normalized spacial score (nSPS) is 14.0. The van der Waals surface area contributed by atoms with Gasteiger partial charge in [-0.05, 0) is 43.3 Å². The van der Waals surface area contributed by atoms with Crippen LogP contribution in [-0.2, 0) is 13.0 Å². The molecule has 3 aromatic heterocycles. The van der Waals surface area contributed by atoms with Crippen LogP contribution in [0.15, 0.2) is 63.8 Å². The van der Waals surface area contributed by atoms with Gasteiger partial charge in [0.15, 0.2) is 11.2 Å². The molecule has 1 aliphatic rings. The Labute approximate surface area is 197 Å². The summed E-state index contributed by atoms with van der Waals surface area (Å²) in [7, 11) is 2.10. The summed E-state index contributed by atoms with van der Waals surface area (Å²) in [5.41, 5.74) is 3.34. The minimum atomic E-state index is -0.438. The SMILES string of the molecule is CN1CCc2c(sc(NC(=O)c3cc(=O)c4ccccc4o3)c2-c2nc3ccccc3s2)C1. The van der Waals surface area contributed by atoms with Crippen molar-refractivity contribution in [2.24, 2.45) is 0 Å². The number of benzene rings is 2. The van der Waals surface area contributed by atoms with Gasteiger partial charge >= 0.3 is 0 Å². The Balaban J connectivity index is 1.44. The molecule has 0 bridgehead atoms. The van der Waals surface area contributed by atoms with E-state index in [1.165, 1.54) is 16.5 Å². The Morgan fingerprint density at radius 1 is 1.12 bits per heavy atom. The van der Waals surface area contributed by atoms with E-state index in [1.54, 1.807) is 46.9 Å². The van der Waals surface area contributed by atoms with Crippen LogP contribution in [0, 0.1) is 0 Å². The summed E-state index contributed by atoms with van der Waals surface area (Å²) >= 11 is 3.20. The van der Waals surface area contributed by atoms with Crippen molar-refractivity contribution in [3.8, 4) is 10.6 Å². The highest BCUT2D eigenvalue weighted by molar-refractivity contribution is 7.23. The summed E-state index contributed by atoms with van der Waals surface area (Å²) in [6, 6.07) is 16.3. The summed E-state index contributed by atoms with van der Waals surface area (Å²) in [5, 5.41) is 5.13. The van der Waals surface area contributed by atoms with Crippen LogP contribution >= 0.6 is 22.7 Å². The molecule has 1 N–H and O–H groups in total. The largest absolute Gasteiger partial charge is 0.451 e. The molecule has 4 heterocycles. The van der Waals surface area contributed by atoms with Gasteiger partial charge in [-0.1, -0.05) is 24.3 Å². The van der Waals surface area contributed by atoms with Gasteiger partial charge in [-0.2, -0.15) is 0 Å². The lowest BCUT2D eigenvalue weighted by molar-refractivity contribution is 0.0997. The van der Waals surface area contributed by atoms with E-state index in [-0.39, 0.29) is 11.2 Å². The molecule has 1 amide bonds. The fourth-order valence-electron chi connectivity index (χ4n) is 4.21. The van der Waals surface area contributed by atoms with Gasteiger partial charge in [0, 0.05) is 29.6 Å². The molecule has 0 aliphatic carbocycles. The molecule has 0 saturated carbocycles. The quantitative estimate of drug-likeness (QED) is 0.381. The third-order valence-electron chi connectivity index (χ3n) is 5.84. The Hall–Kier alpha value is -3.33. The minimum Gasteiger partial charge on any atom is -0.451 e. The summed E-state index contributed by atoms with van der Waals surface area (Å²) in [6.45, 7) is 1.79. The maximum atomic E-state index is 13.2. The van der Waals surface area contributed by atoms with Crippen LogP contribution in [-0.4, -0.2) is 29.4 Å². The van der Waals surface area contributed by atoms with Crippen LogP contribution in [0.5, 0.6) is 0 Å². The van der Waals surface area contributed by atoms with Crippen molar-refractivity contribution in [2.75, 3.05) is 18.9 Å². The monoisotopic (exact) mass is 473 g/mol. The van der Waals surface area contributed by atoms with E-state index in [0.29, 0.717) is 11.0 Å². The number of fused-ring (bicyclic) bond motifs is 3. The predicted octanol–water partition coefficient (Wildman–Crippen LogP) is 5.37. The lowest BCUT2D eigenvalue weighted by Gasteiger charge is -2.22. The number of aromatic nitrogens is 1. The first-order chi connectivity index (χ1) is 16.1. The molecule has 0 saturated heterocycles. The molecule has 6 rings (SSSR count). The number of carbonyl (C=O) groups is 1. The van der Waals surface area contributed by atoms with Crippen molar-refractivity contribution in [1.29, 1.82) is 0 Å². The van der Waals surface area contributed by atoms with Gasteiger partial charge in [0.1, 0.15) is 15.6 Å². The van der Waals surface area contributed by atoms with E-state index < -0.39 is 5.91 Å². The van der Waals surface area contributed by atoms with Gasteiger partial charge in [0.25, 0.3) is 5.91 Å². The van der Waals surface area contributed by atoms with Crippen molar-refractivity contribution < 1.29 is 9.21 Å². The fraction of sp³-hybridized carbons (Fsp3) is 0.160. The second-order valence-electron chi connectivity index (χ2n) is 8.11. The smallest absolute Gasteiger partial charge is 0.292 e. The number of hydrogen-bond acceptors (Lipinski definition) is 7. The molecule has 0 unspecified atom stereocenters. The summed E-state index contributed by atoms with van der Waals surface area (Å²) in [6.07, 6.45) is 0.897. The average molecular weight is 474 g/mol. The van der Waals surface area contributed by atoms with Crippen LogP contribution in [0.2, 0.25) is 0 Å². The molecule has 1 aliphatic heterocycles. The zero-order chi connectivity index (χ0) is 22.5. The number of nitrogens with one attached hydrogen (secondary N) is 1. The second kappa shape index (κ2) is 7.91. The first-order valence-electron chi connectivity index (χ1n) is 10.6. The van der Waals surface area contributed by atoms with Crippen LogP contribution < -0.4 is 10.7 Å². The van der Waals surface area contributed by atoms with Gasteiger partial charge in [-0.3, -0.25) is 9.59 Å². The van der Waals surface area contributed by atoms with Crippen LogP contribution in [0.1, 0.15) is 21.0 Å². The predicted molar refractivity (Wildman–Crippen MR) is 133 cm³/mol. The molecular formula is C25H19N3O3S2. The van der Waals surface area contributed by atoms with E-state index in [2.05, 4.69) is 23.3 Å². The summed E-state index contributed by atoms with van der Waals surface area (Å²) in [5.74, 6) is -0.440. The van der Waals surface area contributed by atoms with Gasteiger partial charge in [0.2, 0.25) is 0 Å². The molecule has 2 aromatic carbocycles. The Kier molecular flexibility index (Phi) is 4.86. The van der Waals surface area contributed by atoms with Crippen LogP contribution in [0.25, 0.3) is 31.8 Å². The van der Waals surface area contributed by atoms with E-state index >= 15 is 0 Å². The standard InChI is InChI=1S/C25H19N3O3S2/c1-28-11-10-15-21(13-28)33-25(22(15)24-26-16-7-3-5-9-20(16)32-24)27-23(30)19-12-17(29)14-6-2-4-8-18(14)31-19/h2-9,12H,10-11,13H2,1H3,(H,27,30). The topological polar surface area (TPSA) is 75.4 Å². The van der Waals surface area contributed by atoms with E-state index in [1.807, 2.05) is 18.2 Å². The lowest BCUT2D eigenvalue weighted by Crippen LogP contribution is -2.25. The molecule has 0 atom stereocenters. The molecular weight excluding hydrogens is 454 g/mol. The zero-order valence-corrected chi connectivity index (χ0v) is 19.4. The average Bonchev–Trinajstić information content (AvgIpc) is 3.39. The molecule has 8 heteroatoms. The van der Waals surface area contributed by atoms with E-state index in [0.717, 1.165) is 45.3 Å². The van der Waals surface area contributed by atoms with E-state index in [4.69, 9.17) is 9.40 Å². The summed E-state index contributed by atoms with van der Waals surface area (Å²) < 4.78 is 6.87. The molecule has 164 valence electrons. The van der Waals surface area contributed by atoms with E-state index in [9.17, 15) is 9.59 Å². The number of rotatable bonds is 3. The van der Waals surface area contributed by atoms with Crippen LogP contribution in [0.3, 0.4) is 0 Å². The molecule has 0 fully saturated rings. The third-order valence-corrected chi connectivity index (χ3v) is 8.03. The molecule has 0 spiro atoms. The number of nitrogens with zero attached hydrogens (tertiary/aromatic N) is 2. The lowest BCUT2D eigenvalue weighted by atomic mass is 10.0. The molecule has 6 nitrogen and oxygen atoms in total. The van der Waals surface area contributed by atoms with Crippen molar-refractivity contribution in [3.05, 3.63) is 81.0 Å². The first-order valence-corrected chi connectivity index (χ1v) is 12.2. The minimum absolute atomic E-state index is 0.00237. The number of likely N-dealkylation sites (N-methyl/N-ethyl adjacent to an activating group) is 1. The van der Waals surface area contributed by atoms with Crippen molar-refractivity contribution in [1.82, 2.24) is 9.88 Å². The maximum Gasteiger partial charge on any atom is 0.292 e. The van der Waals surface area contributed by atoms with Gasteiger partial charge in [-0.25, -0.2) is 4.98 Å². The molecule has 0 radical (unpaired) electrons. The van der Waals surface area contributed by atoms with Gasteiger partial charge in [-0.15, -0.1) is 22.7 Å². The number of para-hydroxylation sites is 2. The van der Waals surface area contributed by atoms with Gasteiger partial charge < -0.3 is 14.6 Å². The summed E-state index contributed by atoms with van der Waals surface area (Å²) in [4.78, 5) is 34.0. The number of anilines is 1.